The lowest BCUT2D eigenvalue weighted by molar-refractivity contribution is 0.0932. The van der Waals surface area contributed by atoms with E-state index in [4.69, 9.17) is 0 Å². The predicted molar refractivity (Wildman–Crippen MR) is 97.8 cm³/mol. The summed E-state index contributed by atoms with van der Waals surface area (Å²) in [4.78, 5) is 31.5. The predicted octanol–water partition coefficient (Wildman–Crippen LogP) is 3.13. The Bertz CT molecular complexity index is 807. The fourth-order valence-corrected chi connectivity index (χ4v) is 3.26. The molecule has 1 aromatic carbocycles. The van der Waals surface area contributed by atoms with Gasteiger partial charge in [-0.1, -0.05) is 44.2 Å². The normalized spacial score (nSPS) is 15.6. The van der Waals surface area contributed by atoms with Crippen LogP contribution in [0.5, 0.6) is 0 Å². The van der Waals surface area contributed by atoms with E-state index >= 15 is 0 Å². The van der Waals surface area contributed by atoms with E-state index in [1.54, 1.807) is 0 Å². The molecule has 25 heavy (non-hydrogen) atoms. The zero-order valence-electron chi connectivity index (χ0n) is 15.0. The summed E-state index contributed by atoms with van der Waals surface area (Å²) in [6, 6.07) is 10.2. The Labute approximate surface area is 147 Å². The molecule has 1 saturated carbocycles. The van der Waals surface area contributed by atoms with Crippen LogP contribution in [-0.4, -0.2) is 21.9 Å². The maximum absolute atomic E-state index is 12.4. The van der Waals surface area contributed by atoms with Crippen molar-refractivity contribution in [1.29, 1.82) is 0 Å². The number of benzene rings is 1. The van der Waals surface area contributed by atoms with Crippen molar-refractivity contribution in [2.75, 3.05) is 0 Å². The third-order valence-corrected chi connectivity index (χ3v) is 4.78. The number of rotatable bonds is 6. The molecule has 2 N–H and O–H groups in total. The quantitative estimate of drug-likeness (QED) is 0.849. The van der Waals surface area contributed by atoms with Crippen LogP contribution in [0.2, 0.25) is 0 Å². The van der Waals surface area contributed by atoms with E-state index in [2.05, 4.69) is 41.3 Å². The molecule has 1 amide bonds. The molecule has 1 fully saturated rings. The minimum atomic E-state index is -0.368. The van der Waals surface area contributed by atoms with Crippen LogP contribution in [0.15, 0.2) is 41.3 Å². The average Bonchev–Trinajstić information content (AvgIpc) is 3.39. The number of carbonyl (C=O) groups excluding carboxylic acids is 1. The molecule has 2 aromatic rings. The first kappa shape index (κ1) is 17.4. The number of hydrogen-bond acceptors (Lipinski definition) is 3. The van der Waals surface area contributed by atoms with Crippen molar-refractivity contribution >= 4 is 5.91 Å². The van der Waals surface area contributed by atoms with E-state index in [0.717, 1.165) is 19.3 Å². The third-order valence-electron chi connectivity index (χ3n) is 4.78. The summed E-state index contributed by atoms with van der Waals surface area (Å²) in [5.41, 5.74) is 0.871. The lowest BCUT2D eigenvalue weighted by atomic mass is 9.79. The van der Waals surface area contributed by atoms with Gasteiger partial charge in [-0.2, -0.15) is 0 Å². The second-order valence-corrected chi connectivity index (χ2v) is 7.61. The van der Waals surface area contributed by atoms with Crippen LogP contribution in [0.4, 0.5) is 0 Å². The number of hydrogen-bond donors (Lipinski definition) is 2. The van der Waals surface area contributed by atoms with Gasteiger partial charge in [0.05, 0.1) is 0 Å². The van der Waals surface area contributed by atoms with Crippen LogP contribution in [0.3, 0.4) is 0 Å². The minimum Gasteiger partial charge on any atom is -0.349 e. The van der Waals surface area contributed by atoms with Crippen LogP contribution >= 0.6 is 0 Å². The fraction of sp³-hybridized carbons (Fsp3) is 0.450. The highest BCUT2D eigenvalue weighted by molar-refractivity contribution is 5.93. The molecule has 0 saturated heterocycles. The van der Waals surface area contributed by atoms with Crippen molar-refractivity contribution in [3.8, 4) is 0 Å². The number of carbonyl (C=O) groups is 1. The average molecular weight is 339 g/mol. The Morgan fingerprint density at radius 3 is 2.60 bits per heavy atom. The first-order chi connectivity index (χ1) is 11.9. The van der Waals surface area contributed by atoms with E-state index in [9.17, 15) is 9.59 Å². The summed E-state index contributed by atoms with van der Waals surface area (Å²) in [5.74, 6) is 0.683. The van der Waals surface area contributed by atoms with Gasteiger partial charge in [0.15, 0.2) is 0 Å². The summed E-state index contributed by atoms with van der Waals surface area (Å²) in [7, 11) is 0. The summed E-state index contributed by atoms with van der Waals surface area (Å²) in [6.45, 7) is 6.27. The molecule has 132 valence electrons. The minimum absolute atomic E-state index is 0.0646. The first-order valence-electron chi connectivity index (χ1n) is 8.82. The Balaban J connectivity index is 1.65. The smallest absolute Gasteiger partial charge is 0.263 e. The van der Waals surface area contributed by atoms with E-state index in [1.165, 1.54) is 11.8 Å². The van der Waals surface area contributed by atoms with Gasteiger partial charge in [-0.05, 0) is 37.2 Å². The van der Waals surface area contributed by atoms with Gasteiger partial charge >= 0.3 is 0 Å². The highest BCUT2D eigenvalue weighted by atomic mass is 16.2. The maximum atomic E-state index is 12.4. The largest absolute Gasteiger partial charge is 0.349 e. The number of nitrogens with zero attached hydrogens (tertiary/aromatic N) is 1. The van der Waals surface area contributed by atoms with Gasteiger partial charge in [0.25, 0.3) is 11.5 Å². The SMILES string of the molecule is C[C@@H](CC(C)(C)c1ccccc1)NC(=O)c1cnc(C2CC2)[nH]c1=O. The molecule has 1 aliphatic carbocycles. The number of nitrogens with one attached hydrogen (secondary N) is 2. The Kier molecular flexibility index (Phi) is 4.75. The summed E-state index contributed by atoms with van der Waals surface area (Å²) in [6.07, 6.45) is 4.28. The van der Waals surface area contributed by atoms with Gasteiger partial charge in [-0.3, -0.25) is 9.59 Å². The van der Waals surface area contributed by atoms with Crippen LogP contribution in [0.25, 0.3) is 0 Å². The van der Waals surface area contributed by atoms with Crippen molar-refractivity contribution < 1.29 is 4.79 Å². The van der Waals surface area contributed by atoms with E-state index in [1.807, 2.05) is 25.1 Å². The zero-order valence-corrected chi connectivity index (χ0v) is 15.0. The van der Waals surface area contributed by atoms with Crippen LogP contribution in [0.1, 0.15) is 67.7 Å². The van der Waals surface area contributed by atoms with Crippen molar-refractivity contribution in [2.24, 2.45) is 0 Å². The third kappa shape index (κ3) is 4.16. The Morgan fingerprint density at radius 2 is 2.00 bits per heavy atom. The highest BCUT2D eigenvalue weighted by Gasteiger charge is 2.28. The molecule has 1 aliphatic rings. The molecular weight excluding hydrogens is 314 g/mol. The summed E-state index contributed by atoms with van der Waals surface area (Å²) < 4.78 is 0. The molecule has 0 aliphatic heterocycles. The van der Waals surface area contributed by atoms with E-state index in [-0.39, 0.29) is 28.5 Å². The molecular formula is C20H25N3O2. The maximum Gasteiger partial charge on any atom is 0.263 e. The molecule has 0 bridgehead atoms. The monoisotopic (exact) mass is 339 g/mol. The molecule has 0 spiro atoms. The van der Waals surface area contributed by atoms with Gasteiger partial charge < -0.3 is 10.3 Å². The molecule has 5 nitrogen and oxygen atoms in total. The van der Waals surface area contributed by atoms with Crippen molar-refractivity contribution in [1.82, 2.24) is 15.3 Å². The van der Waals surface area contributed by atoms with Crippen LogP contribution in [-0.2, 0) is 5.41 Å². The van der Waals surface area contributed by atoms with Crippen LogP contribution in [0, 0.1) is 0 Å². The van der Waals surface area contributed by atoms with Crippen molar-refractivity contribution in [2.45, 2.75) is 57.4 Å². The number of aromatic amines is 1. The topological polar surface area (TPSA) is 74.8 Å². The van der Waals surface area contributed by atoms with Crippen LogP contribution < -0.4 is 10.9 Å². The molecule has 0 radical (unpaired) electrons. The molecule has 1 atom stereocenters. The lowest BCUT2D eigenvalue weighted by Gasteiger charge is -2.29. The number of amides is 1. The van der Waals surface area contributed by atoms with Gasteiger partial charge in [0.2, 0.25) is 0 Å². The molecule has 1 aromatic heterocycles. The summed E-state index contributed by atoms with van der Waals surface area (Å²) >= 11 is 0. The van der Waals surface area contributed by atoms with Gasteiger partial charge in [-0.15, -0.1) is 0 Å². The number of aromatic nitrogens is 2. The van der Waals surface area contributed by atoms with Gasteiger partial charge in [0, 0.05) is 18.2 Å². The number of H-pyrrole nitrogens is 1. The molecule has 0 unspecified atom stereocenters. The van der Waals surface area contributed by atoms with Crippen molar-refractivity contribution in [3.05, 3.63) is 63.8 Å². The molecule has 5 heteroatoms. The lowest BCUT2D eigenvalue weighted by Crippen LogP contribution is -2.39. The second kappa shape index (κ2) is 6.82. The van der Waals surface area contributed by atoms with Crippen molar-refractivity contribution in [3.63, 3.8) is 0 Å². The Hall–Kier alpha value is -2.43. The zero-order chi connectivity index (χ0) is 18.0. The summed E-state index contributed by atoms with van der Waals surface area (Å²) in [5, 5.41) is 2.93. The van der Waals surface area contributed by atoms with Gasteiger partial charge in [0.1, 0.15) is 11.4 Å². The van der Waals surface area contributed by atoms with E-state index < -0.39 is 0 Å². The Morgan fingerprint density at radius 1 is 1.32 bits per heavy atom. The van der Waals surface area contributed by atoms with Gasteiger partial charge in [-0.25, -0.2) is 4.98 Å². The first-order valence-corrected chi connectivity index (χ1v) is 8.82. The second-order valence-electron chi connectivity index (χ2n) is 7.61. The highest BCUT2D eigenvalue weighted by Crippen LogP contribution is 2.37. The fourth-order valence-electron chi connectivity index (χ4n) is 3.26. The molecule has 1 heterocycles. The standard InChI is InChI=1S/C20H25N3O2/c1-13(11-20(2,3)15-7-5-4-6-8-15)22-18(24)16-12-21-17(14-9-10-14)23-19(16)25/h4-8,12-14H,9-11H2,1-3H3,(H,22,24)(H,21,23,25)/t13-/m0/s1. The molecule has 3 rings (SSSR count). The van der Waals surface area contributed by atoms with E-state index in [0.29, 0.717) is 11.7 Å².